The minimum absolute atomic E-state index is 0.371. The molecule has 24 heavy (non-hydrogen) atoms. The van der Waals surface area contributed by atoms with E-state index in [-0.39, 0.29) is 0 Å². The van der Waals surface area contributed by atoms with Crippen LogP contribution in [0.25, 0.3) is 0 Å². The Morgan fingerprint density at radius 3 is 2.58 bits per heavy atom. The SMILES string of the molecule is CCOc1cc(CNC2CC2)ccc1OCc1ccc(Cl)cc1Cl. The minimum atomic E-state index is 0.371. The average Bonchev–Trinajstić information content (AvgIpc) is 3.38. The number of hydrogen-bond acceptors (Lipinski definition) is 3. The van der Waals surface area contributed by atoms with Crippen molar-refractivity contribution in [2.75, 3.05) is 6.61 Å². The Balaban J connectivity index is 1.68. The summed E-state index contributed by atoms with van der Waals surface area (Å²) in [5.41, 5.74) is 2.09. The van der Waals surface area contributed by atoms with Crippen LogP contribution in [0, 0.1) is 0 Å². The van der Waals surface area contributed by atoms with Crippen LogP contribution >= 0.6 is 23.2 Å². The molecule has 3 nitrogen and oxygen atoms in total. The molecule has 2 aromatic rings. The lowest BCUT2D eigenvalue weighted by atomic mass is 10.2. The van der Waals surface area contributed by atoms with Crippen molar-refractivity contribution in [1.82, 2.24) is 5.32 Å². The summed E-state index contributed by atoms with van der Waals surface area (Å²) in [5.74, 6) is 1.48. The molecule has 0 aliphatic heterocycles. The molecule has 128 valence electrons. The Kier molecular flexibility index (Phi) is 5.88. The van der Waals surface area contributed by atoms with Crippen LogP contribution in [0.5, 0.6) is 11.5 Å². The fraction of sp³-hybridized carbons (Fsp3) is 0.368. The lowest BCUT2D eigenvalue weighted by molar-refractivity contribution is 0.269. The second-order valence-electron chi connectivity index (χ2n) is 5.89. The zero-order valence-corrected chi connectivity index (χ0v) is 15.2. The first kappa shape index (κ1) is 17.4. The Morgan fingerprint density at radius 1 is 1.04 bits per heavy atom. The normalized spacial score (nSPS) is 13.8. The topological polar surface area (TPSA) is 30.5 Å². The van der Waals surface area contributed by atoms with E-state index in [1.165, 1.54) is 18.4 Å². The molecule has 0 heterocycles. The van der Waals surface area contributed by atoms with Crippen LogP contribution in [0.1, 0.15) is 30.9 Å². The Bertz CT molecular complexity index is 702. The van der Waals surface area contributed by atoms with Crippen LogP contribution in [0.4, 0.5) is 0 Å². The van der Waals surface area contributed by atoms with E-state index < -0.39 is 0 Å². The van der Waals surface area contributed by atoms with Gasteiger partial charge in [0.25, 0.3) is 0 Å². The third-order valence-corrected chi connectivity index (χ3v) is 4.47. The van der Waals surface area contributed by atoms with Crippen LogP contribution < -0.4 is 14.8 Å². The largest absolute Gasteiger partial charge is 0.490 e. The van der Waals surface area contributed by atoms with E-state index in [1.54, 1.807) is 6.07 Å². The van der Waals surface area contributed by atoms with Crippen LogP contribution in [0.2, 0.25) is 10.0 Å². The van der Waals surface area contributed by atoms with Gasteiger partial charge in [0.2, 0.25) is 0 Å². The number of nitrogens with one attached hydrogen (secondary N) is 1. The fourth-order valence-corrected chi connectivity index (χ4v) is 2.86. The lowest BCUT2D eigenvalue weighted by Gasteiger charge is -2.14. The summed E-state index contributed by atoms with van der Waals surface area (Å²) in [6, 6.07) is 12.1. The summed E-state index contributed by atoms with van der Waals surface area (Å²) >= 11 is 12.1. The monoisotopic (exact) mass is 365 g/mol. The van der Waals surface area contributed by atoms with E-state index >= 15 is 0 Å². The van der Waals surface area contributed by atoms with Gasteiger partial charge in [0.05, 0.1) is 6.61 Å². The molecule has 1 saturated carbocycles. The van der Waals surface area contributed by atoms with Gasteiger partial charge in [-0.05, 0) is 49.6 Å². The predicted molar refractivity (Wildman–Crippen MR) is 98.3 cm³/mol. The molecule has 0 aromatic heterocycles. The molecule has 0 radical (unpaired) electrons. The molecule has 0 unspecified atom stereocenters. The quantitative estimate of drug-likeness (QED) is 0.695. The lowest BCUT2D eigenvalue weighted by Crippen LogP contribution is -2.15. The van der Waals surface area contributed by atoms with Gasteiger partial charge in [0.15, 0.2) is 11.5 Å². The minimum Gasteiger partial charge on any atom is -0.490 e. The maximum absolute atomic E-state index is 6.19. The third kappa shape index (κ3) is 4.79. The predicted octanol–water partition coefficient (Wildman–Crippen LogP) is 5.22. The highest BCUT2D eigenvalue weighted by atomic mass is 35.5. The zero-order chi connectivity index (χ0) is 16.9. The molecular formula is C19H21Cl2NO2. The Hall–Kier alpha value is -1.42. The highest BCUT2D eigenvalue weighted by Crippen LogP contribution is 2.31. The first-order valence-electron chi connectivity index (χ1n) is 8.21. The summed E-state index contributed by atoms with van der Waals surface area (Å²) in [5, 5.41) is 4.73. The molecule has 0 saturated heterocycles. The third-order valence-electron chi connectivity index (χ3n) is 3.88. The number of halogens is 2. The van der Waals surface area contributed by atoms with E-state index in [4.69, 9.17) is 32.7 Å². The van der Waals surface area contributed by atoms with Crippen LogP contribution in [0.3, 0.4) is 0 Å². The van der Waals surface area contributed by atoms with Crippen molar-refractivity contribution in [2.45, 2.75) is 39.0 Å². The molecule has 0 spiro atoms. The van der Waals surface area contributed by atoms with Gasteiger partial charge in [-0.15, -0.1) is 0 Å². The molecular weight excluding hydrogens is 345 g/mol. The van der Waals surface area contributed by atoms with Crippen LogP contribution in [0.15, 0.2) is 36.4 Å². The second kappa shape index (κ2) is 8.11. The van der Waals surface area contributed by atoms with Crippen LogP contribution in [-0.4, -0.2) is 12.6 Å². The van der Waals surface area contributed by atoms with Crippen molar-refractivity contribution in [3.05, 3.63) is 57.6 Å². The first-order valence-corrected chi connectivity index (χ1v) is 8.97. The van der Waals surface area contributed by atoms with Crippen molar-refractivity contribution in [3.8, 4) is 11.5 Å². The van der Waals surface area contributed by atoms with Gasteiger partial charge in [-0.3, -0.25) is 0 Å². The van der Waals surface area contributed by atoms with E-state index in [0.717, 1.165) is 23.6 Å². The van der Waals surface area contributed by atoms with Gasteiger partial charge in [-0.25, -0.2) is 0 Å². The smallest absolute Gasteiger partial charge is 0.161 e. The van der Waals surface area contributed by atoms with Crippen molar-refractivity contribution in [1.29, 1.82) is 0 Å². The zero-order valence-electron chi connectivity index (χ0n) is 13.6. The molecule has 1 aliphatic carbocycles. The van der Waals surface area contributed by atoms with Crippen molar-refractivity contribution in [2.24, 2.45) is 0 Å². The molecule has 3 rings (SSSR count). The summed E-state index contributed by atoms with van der Waals surface area (Å²) in [6.45, 7) is 3.79. The molecule has 1 N–H and O–H groups in total. The molecule has 2 aromatic carbocycles. The van der Waals surface area contributed by atoms with Gasteiger partial charge < -0.3 is 14.8 Å². The van der Waals surface area contributed by atoms with E-state index in [0.29, 0.717) is 29.3 Å². The number of ether oxygens (including phenoxy) is 2. The summed E-state index contributed by atoms with van der Waals surface area (Å²) in [4.78, 5) is 0. The van der Waals surface area contributed by atoms with E-state index in [9.17, 15) is 0 Å². The van der Waals surface area contributed by atoms with Crippen LogP contribution in [-0.2, 0) is 13.2 Å². The molecule has 0 atom stereocenters. The van der Waals surface area contributed by atoms with E-state index in [2.05, 4.69) is 11.4 Å². The average molecular weight is 366 g/mol. The fourth-order valence-electron chi connectivity index (χ4n) is 2.39. The Labute approximate surface area is 152 Å². The van der Waals surface area contributed by atoms with Gasteiger partial charge >= 0.3 is 0 Å². The number of benzene rings is 2. The second-order valence-corrected chi connectivity index (χ2v) is 6.74. The summed E-state index contributed by atoms with van der Waals surface area (Å²) in [7, 11) is 0. The van der Waals surface area contributed by atoms with Gasteiger partial charge in [0.1, 0.15) is 6.61 Å². The molecule has 1 aliphatic rings. The standard InChI is InChI=1S/C19H21Cl2NO2/c1-2-23-19-9-13(11-22-16-6-7-16)3-8-18(19)24-12-14-4-5-15(20)10-17(14)21/h3-5,8-10,16,22H,2,6-7,11-12H2,1H3. The molecule has 0 amide bonds. The van der Waals surface area contributed by atoms with E-state index in [1.807, 2.05) is 31.2 Å². The van der Waals surface area contributed by atoms with Crippen molar-refractivity contribution >= 4 is 23.2 Å². The first-order chi connectivity index (χ1) is 11.7. The van der Waals surface area contributed by atoms with Gasteiger partial charge in [0, 0.05) is 28.2 Å². The van der Waals surface area contributed by atoms with Gasteiger partial charge in [-0.2, -0.15) is 0 Å². The highest BCUT2D eigenvalue weighted by Gasteiger charge is 2.20. The van der Waals surface area contributed by atoms with Crippen molar-refractivity contribution in [3.63, 3.8) is 0 Å². The maximum Gasteiger partial charge on any atom is 0.161 e. The molecule has 0 bridgehead atoms. The van der Waals surface area contributed by atoms with Gasteiger partial charge in [-0.1, -0.05) is 35.3 Å². The molecule has 1 fully saturated rings. The Morgan fingerprint density at radius 2 is 1.88 bits per heavy atom. The number of rotatable bonds is 8. The molecule has 5 heteroatoms. The van der Waals surface area contributed by atoms with Crippen molar-refractivity contribution < 1.29 is 9.47 Å². The summed E-state index contributed by atoms with van der Waals surface area (Å²) in [6.07, 6.45) is 2.56. The highest BCUT2D eigenvalue weighted by molar-refractivity contribution is 6.35. The summed E-state index contributed by atoms with van der Waals surface area (Å²) < 4.78 is 11.6. The maximum atomic E-state index is 6.19. The number of hydrogen-bond donors (Lipinski definition) is 1.